The number of guanidine groups is 1. The molecule has 0 atom stereocenters. The average Bonchev–Trinajstić information content (AvgIpc) is 2.58. The first kappa shape index (κ1) is 23.4. The molecule has 7 heteroatoms. The Bertz CT molecular complexity index is 674. The van der Waals surface area contributed by atoms with Gasteiger partial charge >= 0.3 is 0 Å². The third kappa shape index (κ3) is 8.75. The molecular formula is C20H36N4O2S. The second kappa shape index (κ2) is 11.3. The molecule has 0 aliphatic rings. The van der Waals surface area contributed by atoms with Crippen molar-refractivity contribution in [1.82, 2.24) is 15.5 Å². The smallest absolute Gasteiger partial charge is 0.191 e. The molecule has 0 aromatic heterocycles. The van der Waals surface area contributed by atoms with Gasteiger partial charge in [-0.1, -0.05) is 12.1 Å². The van der Waals surface area contributed by atoms with Crippen molar-refractivity contribution in [2.24, 2.45) is 4.99 Å². The number of aliphatic imine (C=N–C) groups is 1. The SMILES string of the molecule is CCNC(=NCc1ccc(S(C)(=O)=O)cc1)NCCCN(C(C)C)C(C)C. The lowest BCUT2D eigenvalue weighted by Crippen LogP contribution is -2.41. The highest BCUT2D eigenvalue weighted by atomic mass is 32.2. The van der Waals surface area contributed by atoms with Gasteiger partial charge < -0.3 is 10.6 Å². The van der Waals surface area contributed by atoms with Crippen LogP contribution in [0.4, 0.5) is 0 Å². The molecule has 0 radical (unpaired) electrons. The van der Waals surface area contributed by atoms with Crippen molar-refractivity contribution in [2.45, 2.75) is 64.6 Å². The Morgan fingerprint density at radius 1 is 1.07 bits per heavy atom. The van der Waals surface area contributed by atoms with Gasteiger partial charge in [0, 0.05) is 38.0 Å². The predicted octanol–water partition coefficient (Wildman–Crippen LogP) is 2.65. The van der Waals surface area contributed by atoms with Crippen molar-refractivity contribution in [3.63, 3.8) is 0 Å². The molecule has 2 N–H and O–H groups in total. The molecule has 0 heterocycles. The van der Waals surface area contributed by atoms with Crippen molar-refractivity contribution in [3.05, 3.63) is 29.8 Å². The second-order valence-corrected chi connectivity index (χ2v) is 9.33. The zero-order chi connectivity index (χ0) is 20.4. The molecule has 0 aliphatic carbocycles. The Kier molecular flexibility index (Phi) is 9.80. The van der Waals surface area contributed by atoms with E-state index in [1.807, 2.05) is 19.1 Å². The van der Waals surface area contributed by atoms with E-state index in [0.29, 0.717) is 23.5 Å². The van der Waals surface area contributed by atoms with Crippen LogP contribution in [0, 0.1) is 0 Å². The van der Waals surface area contributed by atoms with Gasteiger partial charge in [0.15, 0.2) is 15.8 Å². The summed E-state index contributed by atoms with van der Waals surface area (Å²) in [6.45, 7) is 14.2. The van der Waals surface area contributed by atoms with E-state index in [2.05, 4.69) is 48.2 Å². The van der Waals surface area contributed by atoms with Gasteiger partial charge in [-0.15, -0.1) is 0 Å². The van der Waals surface area contributed by atoms with Gasteiger partial charge in [-0.05, 0) is 58.7 Å². The monoisotopic (exact) mass is 396 g/mol. The van der Waals surface area contributed by atoms with Crippen molar-refractivity contribution < 1.29 is 8.42 Å². The molecule has 0 spiro atoms. The quantitative estimate of drug-likeness (QED) is 0.361. The molecule has 0 unspecified atom stereocenters. The lowest BCUT2D eigenvalue weighted by atomic mass is 10.2. The molecule has 0 saturated heterocycles. The van der Waals surface area contributed by atoms with Gasteiger partial charge in [0.2, 0.25) is 0 Å². The molecular weight excluding hydrogens is 360 g/mol. The molecule has 0 saturated carbocycles. The summed E-state index contributed by atoms with van der Waals surface area (Å²) in [5.41, 5.74) is 0.977. The summed E-state index contributed by atoms with van der Waals surface area (Å²) in [6, 6.07) is 7.97. The first-order valence-electron chi connectivity index (χ1n) is 9.72. The third-order valence-corrected chi connectivity index (χ3v) is 5.46. The van der Waals surface area contributed by atoms with Gasteiger partial charge in [0.25, 0.3) is 0 Å². The molecule has 0 bridgehead atoms. The van der Waals surface area contributed by atoms with Crippen LogP contribution in [0.5, 0.6) is 0 Å². The summed E-state index contributed by atoms with van der Waals surface area (Å²) >= 11 is 0. The predicted molar refractivity (Wildman–Crippen MR) is 114 cm³/mol. The van der Waals surface area contributed by atoms with Crippen LogP contribution >= 0.6 is 0 Å². The van der Waals surface area contributed by atoms with Gasteiger partial charge in [0.1, 0.15) is 0 Å². The topological polar surface area (TPSA) is 73.8 Å². The van der Waals surface area contributed by atoms with E-state index >= 15 is 0 Å². The minimum atomic E-state index is -3.16. The maximum Gasteiger partial charge on any atom is 0.191 e. The van der Waals surface area contributed by atoms with Crippen LogP contribution in [0.2, 0.25) is 0 Å². The minimum Gasteiger partial charge on any atom is -0.357 e. The second-order valence-electron chi connectivity index (χ2n) is 7.32. The highest BCUT2D eigenvalue weighted by Gasteiger charge is 2.12. The van der Waals surface area contributed by atoms with E-state index in [0.717, 1.165) is 37.6 Å². The Hall–Kier alpha value is -1.60. The lowest BCUT2D eigenvalue weighted by Gasteiger charge is -2.30. The van der Waals surface area contributed by atoms with Crippen LogP contribution in [-0.2, 0) is 16.4 Å². The maximum atomic E-state index is 11.5. The standard InChI is InChI=1S/C20H36N4O2S/c1-7-21-20(22-13-8-14-24(16(2)3)17(4)5)23-15-18-9-11-19(12-10-18)27(6,25)26/h9-12,16-17H,7-8,13-15H2,1-6H3,(H2,21,22,23). The average molecular weight is 397 g/mol. The van der Waals surface area contributed by atoms with Crippen LogP contribution in [0.1, 0.15) is 46.6 Å². The zero-order valence-corrected chi connectivity index (χ0v) is 18.4. The molecule has 1 aromatic rings. The van der Waals surface area contributed by atoms with Crippen LogP contribution < -0.4 is 10.6 Å². The highest BCUT2D eigenvalue weighted by Crippen LogP contribution is 2.11. The lowest BCUT2D eigenvalue weighted by molar-refractivity contribution is 0.173. The maximum absolute atomic E-state index is 11.5. The normalized spacial score (nSPS) is 12.9. The van der Waals surface area contributed by atoms with E-state index in [4.69, 9.17) is 0 Å². The molecule has 6 nitrogen and oxygen atoms in total. The fraction of sp³-hybridized carbons (Fsp3) is 0.650. The molecule has 0 fully saturated rings. The van der Waals surface area contributed by atoms with Crippen LogP contribution in [0.15, 0.2) is 34.2 Å². The zero-order valence-electron chi connectivity index (χ0n) is 17.6. The highest BCUT2D eigenvalue weighted by molar-refractivity contribution is 7.90. The summed E-state index contributed by atoms with van der Waals surface area (Å²) in [4.78, 5) is 7.41. The number of sulfone groups is 1. The van der Waals surface area contributed by atoms with Gasteiger partial charge in [-0.2, -0.15) is 0 Å². The van der Waals surface area contributed by atoms with Crippen LogP contribution in [-0.4, -0.2) is 57.3 Å². The number of benzene rings is 1. The first-order chi connectivity index (χ1) is 12.6. The summed E-state index contributed by atoms with van der Waals surface area (Å²) in [6.07, 6.45) is 2.26. The Morgan fingerprint density at radius 3 is 2.15 bits per heavy atom. The van der Waals surface area contributed by atoms with E-state index in [1.54, 1.807) is 12.1 Å². The van der Waals surface area contributed by atoms with E-state index < -0.39 is 9.84 Å². The fourth-order valence-corrected chi connectivity index (χ4v) is 3.57. The Balaban J connectivity index is 2.57. The van der Waals surface area contributed by atoms with Crippen molar-refractivity contribution in [1.29, 1.82) is 0 Å². The first-order valence-corrected chi connectivity index (χ1v) is 11.6. The summed E-state index contributed by atoms with van der Waals surface area (Å²) < 4.78 is 23.0. The van der Waals surface area contributed by atoms with Crippen LogP contribution in [0.25, 0.3) is 0 Å². The van der Waals surface area contributed by atoms with Gasteiger partial charge in [-0.25, -0.2) is 13.4 Å². The van der Waals surface area contributed by atoms with E-state index in [9.17, 15) is 8.42 Å². The number of nitrogens with zero attached hydrogens (tertiary/aromatic N) is 2. The largest absolute Gasteiger partial charge is 0.357 e. The molecule has 0 aliphatic heterocycles. The van der Waals surface area contributed by atoms with Crippen molar-refractivity contribution >= 4 is 15.8 Å². The number of hydrogen-bond acceptors (Lipinski definition) is 4. The van der Waals surface area contributed by atoms with Crippen molar-refractivity contribution in [2.75, 3.05) is 25.9 Å². The Labute approximate surface area is 165 Å². The van der Waals surface area contributed by atoms with Crippen molar-refractivity contribution in [3.8, 4) is 0 Å². The number of nitrogens with one attached hydrogen (secondary N) is 2. The van der Waals surface area contributed by atoms with Gasteiger partial charge in [0.05, 0.1) is 11.4 Å². The minimum absolute atomic E-state index is 0.333. The number of hydrogen-bond donors (Lipinski definition) is 2. The summed E-state index contributed by atoms with van der Waals surface area (Å²) in [5, 5.41) is 6.63. The number of rotatable bonds is 10. The molecule has 1 rings (SSSR count). The summed E-state index contributed by atoms with van der Waals surface area (Å²) in [5.74, 6) is 0.783. The Morgan fingerprint density at radius 2 is 1.67 bits per heavy atom. The molecule has 0 amide bonds. The van der Waals surface area contributed by atoms with Gasteiger partial charge in [-0.3, -0.25) is 4.90 Å². The molecule has 154 valence electrons. The van der Waals surface area contributed by atoms with Crippen LogP contribution in [0.3, 0.4) is 0 Å². The fourth-order valence-electron chi connectivity index (χ4n) is 2.94. The molecule has 1 aromatic carbocycles. The third-order valence-electron chi connectivity index (χ3n) is 4.33. The summed E-state index contributed by atoms with van der Waals surface area (Å²) in [7, 11) is -3.16. The van der Waals surface area contributed by atoms with E-state index in [1.165, 1.54) is 6.26 Å². The molecule has 27 heavy (non-hydrogen) atoms. The van der Waals surface area contributed by atoms with E-state index in [-0.39, 0.29) is 0 Å².